The molecule has 1 fully saturated rings. The van der Waals surface area contributed by atoms with Crippen molar-refractivity contribution in [2.75, 3.05) is 6.61 Å². The molecule has 36 heavy (non-hydrogen) atoms. The van der Waals surface area contributed by atoms with E-state index in [0.717, 1.165) is 0 Å². The van der Waals surface area contributed by atoms with Gasteiger partial charge in [0.2, 0.25) is 6.29 Å². The first-order chi connectivity index (χ1) is 17.1. The molecule has 0 spiro atoms. The number of aliphatic hydroxyl groups excluding tert-OH is 2. The molecule has 0 aliphatic carbocycles. The summed E-state index contributed by atoms with van der Waals surface area (Å²) in [6, 6.07) is 10.0. The molecule has 0 bridgehead atoms. The van der Waals surface area contributed by atoms with Gasteiger partial charge in [0, 0.05) is 12.4 Å². The Morgan fingerprint density at radius 2 is 1.83 bits per heavy atom. The first kappa shape index (κ1) is 27.7. The molecule has 0 saturated carbocycles. The maximum atomic E-state index is 13.5. The lowest BCUT2D eigenvalue weighted by molar-refractivity contribution is -0.149. The van der Waals surface area contributed by atoms with E-state index < -0.39 is 63.0 Å². The Bertz CT molecular complexity index is 1060. The van der Waals surface area contributed by atoms with Crippen LogP contribution in [0.3, 0.4) is 0 Å². The fourth-order valence-corrected chi connectivity index (χ4v) is 4.61. The van der Waals surface area contributed by atoms with Gasteiger partial charge in [0.05, 0.1) is 18.3 Å². The Balaban J connectivity index is 1.67. The number of carbonyl (C=O) groups is 2. The van der Waals surface area contributed by atoms with E-state index in [1.165, 1.54) is 43.6 Å². The second-order valence-corrected chi connectivity index (χ2v) is 9.90. The summed E-state index contributed by atoms with van der Waals surface area (Å²) in [4.78, 5) is 28.3. The number of esters is 2. The third-order valence-corrected chi connectivity index (χ3v) is 6.52. The van der Waals surface area contributed by atoms with Crippen LogP contribution in [-0.4, -0.2) is 70.5 Å². The van der Waals surface area contributed by atoms with Crippen LogP contribution in [0.4, 0.5) is 0 Å². The summed E-state index contributed by atoms with van der Waals surface area (Å²) in [7, 11) is -4.23. The van der Waals surface area contributed by atoms with Crippen LogP contribution >= 0.6 is 7.75 Å². The molecule has 1 aromatic carbocycles. The molecule has 12 nitrogen and oxygen atoms in total. The van der Waals surface area contributed by atoms with Gasteiger partial charge in [-0.2, -0.15) is 5.09 Å². The van der Waals surface area contributed by atoms with Crippen molar-refractivity contribution in [1.29, 1.82) is 0 Å². The Hall–Kier alpha value is -2.86. The first-order valence-corrected chi connectivity index (χ1v) is 12.7. The van der Waals surface area contributed by atoms with E-state index >= 15 is 0 Å². The van der Waals surface area contributed by atoms with Crippen molar-refractivity contribution in [3.8, 4) is 5.75 Å². The first-order valence-electron chi connectivity index (χ1n) is 11.2. The zero-order valence-electron chi connectivity index (χ0n) is 19.9. The van der Waals surface area contributed by atoms with Gasteiger partial charge in [-0.3, -0.25) is 14.3 Å². The van der Waals surface area contributed by atoms with Gasteiger partial charge in [-0.25, -0.2) is 9.36 Å². The number of carbonyl (C=O) groups excluding carboxylic acids is 2. The quantitative estimate of drug-likeness (QED) is 0.289. The predicted octanol–water partition coefficient (Wildman–Crippen LogP) is 1.82. The highest BCUT2D eigenvalue weighted by Gasteiger charge is 2.46. The van der Waals surface area contributed by atoms with Gasteiger partial charge < -0.3 is 28.9 Å². The molecule has 1 unspecified atom stereocenters. The minimum absolute atomic E-state index is 0.120. The number of hydrogen-bond acceptors (Lipinski definition) is 11. The van der Waals surface area contributed by atoms with E-state index in [4.69, 9.17) is 23.3 Å². The monoisotopic (exact) mass is 524 g/mol. The minimum atomic E-state index is -4.23. The molecular weight excluding hydrogens is 495 g/mol. The number of rotatable bonds is 11. The SMILES string of the molecule is CC(C)OC(=O)C(C)N[P@](=O)(OC[C@H]1O[C@@H](OC(=O)c2cccnc2)[C@H](O)[C@@H]1O)Oc1ccccc1. The van der Waals surface area contributed by atoms with Gasteiger partial charge >= 0.3 is 19.7 Å². The van der Waals surface area contributed by atoms with E-state index in [-0.39, 0.29) is 11.3 Å². The largest absolute Gasteiger partial charge is 0.462 e. The van der Waals surface area contributed by atoms with Gasteiger partial charge in [-0.05, 0) is 45.0 Å². The Labute approximate surface area is 208 Å². The number of hydrogen-bond donors (Lipinski definition) is 3. The van der Waals surface area contributed by atoms with E-state index in [1.54, 1.807) is 32.0 Å². The average Bonchev–Trinajstić information content (AvgIpc) is 3.11. The summed E-state index contributed by atoms with van der Waals surface area (Å²) < 4.78 is 40.2. The summed E-state index contributed by atoms with van der Waals surface area (Å²) >= 11 is 0. The molecule has 1 aromatic heterocycles. The fourth-order valence-electron chi connectivity index (χ4n) is 3.11. The Kier molecular flexibility index (Phi) is 9.55. The molecule has 3 N–H and O–H groups in total. The molecule has 196 valence electrons. The molecule has 1 saturated heterocycles. The third-order valence-electron chi connectivity index (χ3n) is 4.87. The second kappa shape index (κ2) is 12.4. The number of para-hydroxylation sites is 1. The molecule has 6 atom stereocenters. The van der Waals surface area contributed by atoms with Crippen LogP contribution in [0.25, 0.3) is 0 Å². The molecule has 0 amide bonds. The van der Waals surface area contributed by atoms with Crippen LogP contribution < -0.4 is 9.61 Å². The van der Waals surface area contributed by atoms with E-state index in [0.29, 0.717) is 0 Å². The van der Waals surface area contributed by atoms with Crippen molar-refractivity contribution >= 4 is 19.7 Å². The predicted molar refractivity (Wildman–Crippen MR) is 125 cm³/mol. The van der Waals surface area contributed by atoms with Crippen LogP contribution in [0, 0.1) is 0 Å². The number of aromatic nitrogens is 1. The Morgan fingerprint density at radius 3 is 2.47 bits per heavy atom. The third kappa shape index (κ3) is 7.57. The van der Waals surface area contributed by atoms with Gasteiger partial charge in [-0.15, -0.1) is 0 Å². The maximum Gasteiger partial charge on any atom is 0.459 e. The number of pyridine rings is 1. The van der Waals surface area contributed by atoms with E-state index in [2.05, 4.69) is 10.1 Å². The lowest BCUT2D eigenvalue weighted by Crippen LogP contribution is -2.38. The number of nitrogens with one attached hydrogen (secondary N) is 1. The molecule has 0 radical (unpaired) electrons. The molecule has 1 aliphatic rings. The summed E-state index contributed by atoms with van der Waals surface area (Å²) in [6.45, 7) is 4.22. The second-order valence-electron chi connectivity index (χ2n) is 8.21. The Morgan fingerprint density at radius 1 is 1.11 bits per heavy atom. The van der Waals surface area contributed by atoms with Gasteiger partial charge in [0.25, 0.3) is 0 Å². The zero-order chi connectivity index (χ0) is 26.3. The summed E-state index contributed by atoms with van der Waals surface area (Å²) in [6.07, 6.45) is -3.53. The normalized spacial score (nSPS) is 24.1. The van der Waals surface area contributed by atoms with Crippen molar-refractivity contribution in [2.45, 2.75) is 57.5 Å². The minimum Gasteiger partial charge on any atom is -0.462 e. The fraction of sp³-hybridized carbons (Fsp3) is 0.435. The van der Waals surface area contributed by atoms with Crippen LogP contribution in [-0.2, 0) is 28.1 Å². The smallest absolute Gasteiger partial charge is 0.459 e. The van der Waals surface area contributed by atoms with Crippen molar-refractivity contribution in [3.63, 3.8) is 0 Å². The lowest BCUT2D eigenvalue weighted by Gasteiger charge is -2.25. The number of ether oxygens (including phenoxy) is 3. The summed E-state index contributed by atoms with van der Waals surface area (Å²) in [5, 5.41) is 23.2. The maximum absolute atomic E-state index is 13.5. The molecule has 2 heterocycles. The standard InChI is InChI=1S/C23H29N2O10P/c1-14(2)32-21(28)15(3)25-36(30,35-17-9-5-4-6-10-17)31-13-18-19(26)20(27)23(33-18)34-22(29)16-8-7-11-24-12-16/h4-12,14-15,18-20,23,26-27H,13H2,1-3H3,(H,25,30)/t15?,18-,19-,20-,23+,36+/m1/s1. The van der Waals surface area contributed by atoms with Crippen LogP contribution in [0.1, 0.15) is 31.1 Å². The highest BCUT2D eigenvalue weighted by Crippen LogP contribution is 2.45. The molecule has 13 heteroatoms. The highest BCUT2D eigenvalue weighted by atomic mass is 31.2. The van der Waals surface area contributed by atoms with Crippen LogP contribution in [0.2, 0.25) is 0 Å². The zero-order valence-corrected chi connectivity index (χ0v) is 20.8. The van der Waals surface area contributed by atoms with Gasteiger partial charge in [0.1, 0.15) is 30.1 Å². The molecule has 2 aromatic rings. The van der Waals surface area contributed by atoms with Gasteiger partial charge in [0.15, 0.2) is 0 Å². The lowest BCUT2D eigenvalue weighted by atomic mass is 10.1. The number of aliphatic hydroxyl groups is 2. The van der Waals surface area contributed by atoms with Crippen LogP contribution in [0.5, 0.6) is 5.75 Å². The summed E-state index contributed by atoms with van der Waals surface area (Å²) in [5.74, 6) is -1.31. The molecule has 3 rings (SSSR count). The molecule has 1 aliphatic heterocycles. The number of nitrogens with zero attached hydrogens (tertiary/aromatic N) is 1. The topological polar surface area (TPSA) is 163 Å². The van der Waals surface area contributed by atoms with E-state index in [9.17, 15) is 24.4 Å². The van der Waals surface area contributed by atoms with Crippen molar-refractivity contribution in [3.05, 3.63) is 60.4 Å². The van der Waals surface area contributed by atoms with Gasteiger partial charge in [-0.1, -0.05) is 18.2 Å². The number of benzene rings is 1. The molecular formula is C23H29N2O10P. The van der Waals surface area contributed by atoms with Crippen molar-refractivity contribution in [1.82, 2.24) is 10.1 Å². The summed E-state index contributed by atoms with van der Waals surface area (Å²) in [5.41, 5.74) is 0.120. The van der Waals surface area contributed by atoms with Crippen molar-refractivity contribution in [2.24, 2.45) is 0 Å². The average molecular weight is 524 g/mol. The van der Waals surface area contributed by atoms with Crippen LogP contribution in [0.15, 0.2) is 54.9 Å². The van der Waals surface area contributed by atoms with E-state index in [1.807, 2.05) is 0 Å². The van der Waals surface area contributed by atoms with Crippen molar-refractivity contribution < 1.29 is 47.6 Å². The highest BCUT2D eigenvalue weighted by molar-refractivity contribution is 7.52.